The zero-order valence-electron chi connectivity index (χ0n) is 16.8. The molecule has 0 fully saturated rings. The molecule has 0 aliphatic heterocycles. The number of rotatable bonds is 7. The maximum Gasteiger partial charge on any atom is 0.311 e. The zero-order valence-corrected chi connectivity index (χ0v) is 16.8. The SMILES string of the molecule is CCOC(=O)Cc1cn(CC)c(-c2cnc(NC3Cc4ccccc4C3)nc2)n1. The molecule has 1 aliphatic rings. The van der Waals surface area contributed by atoms with Gasteiger partial charge in [-0.1, -0.05) is 24.3 Å². The summed E-state index contributed by atoms with van der Waals surface area (Å²) in [6.07, 6.45) is 7.57. The van der Waals surface area contributed by atoms with Crippen LogP contribution >= 0.6 is 0 Å². The van der Waals surface area contributed by atoms with Crippen molar-refractivity contribution in [2.75, 3.05) is 11.9 Å². The Morgan fingerprint density at radius 1 is 1.17 bits per heavy atom. The summed E-state index contributed by atoms with van der Waals surface area (Å²) in [5.74, 6) is 1.10. The number of anilines is 1. The van der Waals surface area contributed by atoms with Crippen molar-refractivity contribution in [2.24, 2.45) is 0 Å². The van der Waals surface area contributed by atoms with Crippen molar-refractivity contribution in [3.05, 3.63) is 59.7 Å². The average Bonchev–Trinajstić information content (AvgIpc) is 3.32. The number of imidazole rings is 1. The van der Waals surface area contributed by atoms with Crippen molar-refractivity contribution < 1.29 is 9.53 Å². The minimum absolute atomic E-state index is 0.163. The number of aromatic nitrogens is 4. The van der Waals surface area contributed by atoms with Crippen LogP contribution in [0.25, 0.3) is 11.4 Å². The minimum Gasteiger partial charge on any atom is -0.466 e. The molecule has 0 spiro atoms. The molecule has 0 atom stereocenters. The molecule has 0 unspecified atom stereocenters. The first kappa shape index (κ1) is 19.1. The Labute approximate surface area is 170 Å². The van der Waals surface area contributed by atoms with Gasteiger partial charge in [0.2, 0.25) is 5.95 Å². The first-order valence-corrected chi connectivity index (χ1v) is 10.0. The second-order valence-corrected chi connectivity index (χ2v) is 7.14. The van der Waals surface area contributed by atoms with E-state index in [0.717, 1.165) is 30.8 Å². The third kappa shape index (κ3) is 4.29. The topological polar surface area (TPSA) is 81.9 Å². The second kappa shape index (κ2) is 8.43. The molecule has 1 N–H and O–H groups in total. The Hall–Kier alpha value is -3.22. The molecular weight excluding hydrogens is 366 g/mol. The van der Waals surface area contributed by atoms with E-state index in [1.807, 2.05) is 17.7 Å². The third-order valence-electron chi connectivity index (χ3n) is 5.09. The average molecular weight is 391 g/mol. The fraction of sp³-hybridized carbons (Fsp3) is 0.364. The normalized spacial score (nSPS) is 13.3. The largest absolute Gasteiger partial charge is 0.466 e. The van der Waals surface area contributed by atoms with Gasteiger partial charge in [0.1, 0.15) is 5.82 Å². The van der Waals surface area contributed by atoms with E-state index in [9.17, 15) is 4.79 Å². The van der Waals surface area contributed by atoms with Crippen molar-refractivity contribution >= 4 is 11.9 Å². The molecule has 7 nitrogen and oxygen atoms in total. The van der Waals surface area contributed by atoms with Crippen molar-refractivity contribution in [3.8, 4) is 11.4 Å². The lowest BCUT2D eigenvalue weighted by atomic mass is 10.1. The highest BCUT2D eigenvalue weighted by Gasteiger charge is 2.21. The summed E-state index contributed by atoms with van der Waals surface area (Å²) in [7, 11) is 0. The van der Waals surface area contributed by atoms with Crippen LogP contribution in [0.4, 0.5) is 5.95 Å². The number of carbonyl (C=O) groups is 1. The van der Waals surface area contributed by atoms with Crippen LogP contribution in [0, 0.1) is 0 Å². The Morgan fingerprint density at radius 2 is 1.86 bits per heavy atom. The quantitative estimate of drug-likeness (QED) is 0.624. The zero-order chi connectivity index (χ0) is 20.2. The van der Waals surface area contributed by atoms with Gasteiger partial charge in [0.15, 0.2) is 0 Å². The third-order valence-corrected chi connectivity index (χ3v) is 5.09. The summed E-state index contributed by atoms with van der Waals surface area (Å²) < 4.78 is 7.01. The van der Waals surface area contributed by atoms with E-state index in [2.05, 4.69) is 44.5 Å². The van der Waals surface area contributed by atoms with Crippen molar-refractivity contribution in [1.29, 1.82) is 0 Å². The number of carbonyl (C=O) groups excluding carboxylic acids is 1. The second-order valence-electron chi connectivity index (χ2n) is 7.14. The number of nitrogens with zero attached hydrogens (tertiary/aromatic N) is 4. The molecule has 0 saturated heterocycles. The van der Waals surface area contributed by atoms with E-state index in [-0.39, 0.29) is 12.4 Å². The van der Waals surface area contributed by atoms with Crippen LogP contribution in [-0.4, -0.2) is 38.1 Å². The van der Waals surface area contributed by atoms with Crippen molar-refractivity contribution in [3.63, 3.8) is 0 Å². The van der Waals surface area contributed by atoms with Crippen LogP contribution in [-0.2, 0) is 35.3 Å². The molecule has 0 radical (unpaired) electrons. The number of esters is 1. The van der Waals surface area contributed by atoms with Gasteiger partial charge in [-0.2, -0.15) is 0 Å². The fourth-order valence-electron chi connectivity index (χ4n) is 3.75. The highest BCUT2D eigenvalue weighted by atomic mass is 16.5. The number of ether oxygens (including phenoxy) is 1. The van der Waals surface area contributed by atoms with Crippen LogP contribution in [0.2, 0.25) is 0 Å². The molecule has 1 aliphatic carbocycles. The molecule has 0 amide bonds. The highest BCUT2D eigenvalue weighted by molar-refractivity contribution is 5.72. The number of benzene rings is 1. The van der Waals surface area contributed by atoms with Gasteiger partial charge in [0, 0.05) is 31.2 Å². The van der Waals surface area contributed by atoms with E-state index < -0.39 is 0 Å². The minimum atomic E-state index is -0.270. The van der Waals surface area contributed by atoms with Gasteiger partial charge in [-0.25, -0.2) is 15.0 Å². The lowest BCUT2D eigenvalue weighted by Crippen LogP contribution is -2.21. The first-order valence-electron chi connectivity index (χ1n) is 10.0. The van der Waals surface area contributed by atoms with Crippen LogP contribution in [0.15, 0.2) is 42.9 Å². The van der Waals surface area contributed by atoms with Gasteiger partial charge in [-0.05, 0) is 37.8 Å². The van der Waals surface area contributed by atoms with Gasteiger partial charge < -0.3 is 14.6 Å². The van der Waals surface area contributed by atoms with Crippen LogP contribution < -0.4 is 5.32 Å². The first-order chi connectivity index (χ1) is 14.2. The summed E-state index contributed by atoms with van der Waals surface area (Å²) in [4.78, 5) is 25.3. The molecule has 1 aromatic carbocycles. The Balaban J connectivity index is 1.45. The molecule has 29 heavy (non-hydrogen) atoms. The lowest BCUT2D eigenvalue weighted by Gasteiger charge is -2.12. The molecule has 0 bridgehead atoms. The fourth-order valence-corrected chi connectivity index (χ4v) is 3.75. The Bertz CT molecular complexity index is 972. The number of aryl methyl sites for hydroxylation is 1. The van der Waals surface area contributed by atoms with Crippen LogP contribution in [0.3, 0.4) is 0 Å². The molecule has 7 heteroatoms. The van der Waals surface area contributed by atoms with E-state index in [1.54, 1.807) is 19.3 Å². The van der Waals surface area contributed by atoms with Gasteiger partial charge in [-0.3, -0.25) is 4.79 Å². The van der Waals surface area contributed by atoms with E-state index in [1.165, 1.54) is 11.1 Å². The number of nitrogens with one attached hydrogen (secondary N) is 1. The predicted octanol–water partition coefficient (Wildman–Crippen LogP) is 3.04. The van der Waals surface area contributed by atoms with Crippen LogP contribution in [0.5, 0.6) is 0 Å². The van der Waals surface area contributed by atoms with Gasteiger partial charge in [-0.15, -0.1) is 0 Å². The maximum atomic E-state index is 11.7. The highest BCUT2D eigenvalue weighted by Crippen LogP contribution is 2.24. The van der Waals surface area contributed by atoms with Gasteiger partial charge >= 0.3 is 5.97 Å². The number of fused-ring (bicyclic) bond motifs is 1. The smallest absolute Gasteiger partial charge is 0.311 e. The molecule has 2 aromatic heterocycles. The summed E-state index contributed by atoms with van der Waals surface area (Å²) in [6, 6.07) is 8.84. The summed E-state index contributed by atoms with van der Waals surface area (Å²) in [5.41, 5.74) is 4.29. The molecule has 0 saturated carbocycles. The summed E-state index contributed by atoms with van der Waals surface area (Å²) in [5, 5.41) is 3.43. The lowest BCUT2D eigenvalue weighted by molar-refractivity contribution is -0.142. The predicted molar refractivity (Wildman–Crippen MR) is 111 cm³/mol. The number of hydrogen-bond donors (Lipinski definition) is 1. The van der Waals surface area contributed by atoms with Crippen molar-refractivity contribution in [2.45, 2.75) is 45.7 Å². The van der Waals surface area contributed by atoms with E-state index >= 15 is 0 Å². The molecule has 4 rings (SSSR count). The molecular formula is C22H25N5O2. The number of hydrogen-bond acceptors (Lipinski definition) is 6. The van der Waals surface area contributed by atoms with E-state index in [0.29, 0.717) is 24.3 Å². The monoisotopic (exact) mass is 391 g/mol. The Morgan fingerprint density at radius 3 is 2.48 bits per heavy atom. The van der Waals surface area contributed by atoms with Gasteiger partial charge in [0.05, 0.1) is 24.3 Å². The molecule has 2 heterocycles. The van der Waals surface area contributed by atoms with Crippen molar-refractivity contribution in [1.82, 2.24) is 19.5 Å². The summed E-state index contributed by atoms with van der Waals surface area (Å²) in [6.45, 7) is 4.94. The maximum absolute atomic E-state index is 11.7. The van der Waals surface area contributed by atoms with Gasteiger partial charge in [0.25, 0.3) is 0 Å². The molecule has 3 aromatic rings. The standard InChI is InChI=1S/C22H25N5O2/c1-3-27-14-19(11-20(28)29-4-2)25-21(27)17-12-23-22(24-13-17)26-18-9-15-7-5-6-8-16(15)10-18/h5-8,12-14,18H,3-4,9-11H2,1-2H3,(H,23,24,26). The van der Waals surface area contributed by atoms with E-state index in [4.69, 9.17) is 4.74 Å². The van der Waals surface area contributed by atoms with Crippen LogP contribution in [0.1, 0.15) is 30.7 Å². The molecule has 150 valence electrons. The summed E-state index contributed by atoms with van der Waals surface area (Å²) >= 11 is 0. The Kier molecular flexibility index (Phi) is 5.55.